The van der Waals surface area contributed by atoms with Crippen LogP contribution in [0.25, 0.3) is 11.3 Å². The topological polar surface area (TPSA) is 62.6 Å². The van der Waals surface area contributed by atoms with Crippen molar-refractivity contribution >= 4 is 5.97 Å². The number of carbonyl (C=O) groups is 1. The molecule has 0 bridgehead atoms. The zero-order chi connectivity index (χ0) is 15.2. The van der Waals surface area contributed by atoms with Crippen LogP contribution in [0.1, 0.15) is 6.92 Å². The van der Waals surface area contributed by atoms with E-state index < -0.39 is 0 Å². The second kappa shape index (κ2) is 6.78. The molecule has 0 aliphatic heterocycles. The maximum absolute atomic E-state index is 11.6. The van der Waals surface area contributed by atoms with Gasteiger partial charge < -0.3 is 18.8 Å². The van der Waals surface area contributed by atoms with Crippen molar-refractivity contribution in [2.24, 2.45) is 0 Å². The molecule has 0 atom stereocenters. The number of methoxy groups -OCH3 is 2. The lowest BCUT2D eigenvalue weighted by atomic mass is 10.1. The highest BCUT2D eigenvalue weighted by Gasteiger charge is 2.12. The highest BCUT2D eigenvalue weighted by Crippen LogP contribution is 2.32. The summed E-state index contributed by atoms with van der Waals surface area (Å²) in [6.45, 7) is 2.26. The smallest absolute Gasteiger partial charge is 0.325 e. The number of carbonyl (C=O) groups excluding carboxylic acids is 1. The molecule has 6 nitrogen and oxygen atoms in total. The SMILES string of the molecule is CCOC(=O)Cn1cncc1-c1ccc(OC)c(OC)c1. The largest absolute Gasteiger partial charge is 0.493 e. The van der Waals surface area contributed by atoms with Crippen LogP contribution in [0.15, 0.2) is 30.7 Å². The van der Waals surface area contributed by atoms with Crippen LogP contribution < -0.4 is 9.47 Å². The number of nitrogens with zero attached hydrogens (tertiary/aromatic N) is 2. The Morgan fingerprint density at radius 1 is 1.24 bits per heavy atom. The molecule has 0 amide bonds. The van der Waals surface area contributed by atoms with Gasteiger partial charge in [0, 0.05) is 5.56 Å². The predicted octanol–water partition coefficient (Wildman–Crippen LogP) is 2.13. The lowest BCUT2D eigenvalue weighted by molar-refractivity contribution is -0.143. The lowest BCUT2D eigenvalue weighted by Gasteiger charge is -2.11. The maximum atomic E-state index is 11.6. The molecule has 0 fully saturated rings. The van der Waals surface area contributed by atoms with Crippen LogP contribution in [0.5, 0.6) is 11.5 Å². The van der Waals surface area contributed by atoms with Crippen LogP contribution in [0.2, 0.25) is 0 Å². The summed E-state index contributed by atoms with van der Waals surface area (Å²) in [5.41, 5.74) is 1.69. The first-order chi connectivity index (χ1) is 10.2. The number of esters is 1. The first kappa shape index (κ1) is 14.9. The van der Waals surface area contributed by atoms with Gasteiger partial charge in [-0.2, -0.15) is 0 Å². The molecule has 0 radical (unpaired) electrons. The molecule has 0 saturated carbocycles. The Balaban J connectivity index is 2.30. The lowest BCUT2D eigenvalue weighted by Crippen LogP contribution is -2.13. The second-order valence-corrected chi connectivity index (χ2v) is 4.28. The number of hydrogen-bond acceptors (Lipinski definition) is 5. The quantitative estimate of drug-likeness (QED) is 0.763. The van der Waals surface area contributed by atoms with E-state index in [1.54, 1.807) is 38.2 Å². The van der Waals surface area contributed by atoms with E-state index in [1.165, 1.54) is 0 Å². The van der Waals surface area contributed by atoms with Crippen molar-refractivity contribution in [1.82, 2.24) is 9.55 Å². The predicted molar refractivity (Wildman–Crippen MR) is 77.4 cm³/mol. The number of aromatic nitrogens is 2. The van der Waals surface area contributed by atoms with Gasteiger partial charge in [-0.15, -0.1) is 0 Å². The zero-order valence-corrected chi connectivity index (χ0v) is 12.3. The minimum Gasteiger partial charge on any atom is -0.493 e. The normalized spacial score (nSPS) is 10.2. The fourth-order valence-corrected chi connectivity index (χ4v) is 2.03. The maximum Gasteiger partial charge on any atom is 0.325 e. The summed E-state index contributed by atoms with van der Waals surface area (Å²) >= 11 is 0. The van der Waals surface area contributed by atoms with Crippen molar-refractivity contribution in [3.8, 4) is 22.8 Å². The molecule has 2 aromatic rings. The van der Waals surface area contributed by atoms with Gasteiger partial charge in [-0.1, -0.05) is 0 Å². The molecule has 0 spiro atoms. The Morgan fingerprint density at radius 3 is 2.67 bits per heavy atom. The average Bonchev–Trinajstić information content (AvgIpc) is 2.94. The highest BCUT2D eigenvalue weighted by atomic mass is 16.5. The van der Waals surface area contributed by atoms with E-state index in [4.69, 9.17) is 14.2 Å². The minimum atomic E-state index is -0.294. The molecule has 0 N–H and O–H groups in total. The average molecular weight is 290 g/mol. The van der Waals surface area contributed by atoms with E-state index >= 15 is 0 Å². The van der Waals surface area contributed by atoms with Gasteiger partial charge in [0.2, 0.25) is 0 Å². The van der Waals surface area contributed by atoms with E-state index in [0.29, 0.717) is 18.1 Å². The van der Waals surface area contributed by atoms with E-state index in [0.717, 1.165) is 11.3 Å². The van der Waals surface area contributed by atoms with Crippen LogP contribution in [-0.2, 0) is 16.1 Å². The molecule has 0 aliphatic carbocycles. The first-order valence-electron chi connectivity index (χ1n) is 6.57. The van der Waals surface area contributed by atoms with Gasteiger partial charge in [0.05, 0.1) is 39.0 Å². The second-order valence-electron chi connectivity index (χ2n) is 4.28. The fourth-order valence-electron chi connectivity index (χ4n) is 2.03. The number of benzene rings is 1. The van der Waals surface area contributed by atoms with Gasteiger partial charge in [0.15, 0.2) is 11.5 Å². The number of hydrogen-bond donors (Lipinski definition) is 0. The van der Waals surface area contributed by atoms with Gasteiger partial charge >= 0.3 is 5.97 Å². The summed E-state index contributed by atoms with van der Waals surface area (Å²) in [6.07, 6.45) is 3.30. The van der Waals surface area contributed by atoms with Gasteiger partial charge in [-0.3, -0.25) is 4.79 Å². The fraction of sp³-hybridized carbons (Fsp3) is 0.333. The van der Waals surface area contributed by atoms with E-state index in [-0.39, 0.29) is 12.5 Å². The van der Waals surface area contributed by atoms with Crippen LogP contribution in [0, 0.1) is 0 Å². The molecular formula is C15H18N2O4. The Kier molecular flexibility index (Phi) is 4.81. The minimum absolute atomic E-state index is 0.123. The van der Waals surface area contributed by atoms with Crippen LogP contribution in [0.3, 0.4) is 0 Å². The summed E-state index contributed by atoms with van der Waals surface area (Å²) in [7, 11) is 3.17. The number of ether oxygens (including phenoxy) is 3. The molecule has 1 heterocycles. The van der Waals surface area contributed by atoms with Crippen molar-refractivity contribution in [1.29, 1.82) is 0 Å². The molecule has 1 aromatic carbocycles. The third-order valence-corrected chi connectivity index (χ3v) is 3.00. The summed E-state index contributed by atoms with van der Waals surface area (Å²) in [5.74, 6) is 0.980. The first-order valence-corrected chi connectivity index (χ1v) is 6.57. The molecular weight excluding hydrogens is 272 g/mol. The van der Waals surface area contributed by atoms with Gasteiger partial charge in [0.25, 0.3) is 0 Å². The van der Waals surface area contributed by atoms with Crippen LogP contribution in [-0.4, -0.2) is 36.3 Å². The van der Waals surface area contributed by atoms with Crippen molar-refractivity contribution < 1.29 is 19.0 Å². The van der Waals surface area contributed by atoms with Crippen LogP contribution in [0.4, 0.5) is 0 Å². The van der Waals surface area contributed by atoms with Gasteiger partial charge in [0.1, 0.15) is 6.54 Å². The van der Waals surface area contributed by atoms with E-state index in [2.05, 4.69) is 4.98 Å². The summed E-state index contributed by atoms with van der Waals surface area (Å²) in [5, 5.41) is 0. The standard InChI is InChI=1S/C15H18N2O4/c1-4-21-15(18)9-17-10-16-8-12(17)11-5-6-13(19-2)14(7-11)20-3/h5-8,10H,4,9H2,1-3H3. The molecule has 0 saturated heterocycles. The number of imidazole rings is 1. The Labute approximate surface area is 123 Å². The summed E-state index contributed by atoms with van der Waals surface area (Å²) in [4.78, 5) is 15.7. The third kappa shape index (κ3) is 3.34. The van der Waals surface area contributed by atoms with E-state index in [1.807, 2.05) is 18.2 Å². The van der Waals surface area contributed by atoms with Crippen molar-refractivity contribution in [2.75, 3.05) is 20.8 Å². The van der Waals surface area contributed by atoms with Gasteiger partial charge in [-0.25, -0.2) is 4.98 Å². The van der Waals surface area contributed by atoms with E-state index in [9.17, 15) is 4.79 Å². The Hall–Kier alpha value is -2.50. The molecule has 2 rings (SSSR count). The zero-order valence-electron chi connectivity index (χ0n) is 12.3. The molecule has 0 unspecified atom stereocenters. The van der Waals surface area contributed by atoms with Crippen molar-refractivity contribution in [3.63, 3.8) is 0 Å². The molecule has 0 aliphatic rings. The summed E-state index contributed by atoms with van der Waals surface area (Å²) < 4.78 is 17.2. The molecule has 21 heavy (non-hydrogen) atoms. The highest BCUT2D eigenvalue weighted by molar-refractivity contribution is 5.71. The Morgan fingerprint density at radius 2 is 2.00 bits per heavy atom. The van der Waals surface area contributed by atoms with Crippen LogP contribution >= 0.6 is 0 Å². The molecule has 6 heteroatoms. The molecule has 112 valence electrons. The number of rotatable bonds is 6. The van der Waals surface area contributed by atoms with Crippen molar-refractivity contribution in [3.05, 3.63) is 30.7 Å². The third-order valence-electron chi connectivity index (χ3n) is 3.00. The monoisotopic (exact) mass is 290 g/mol. The van der Waals surface area contributed by atoms with Crippen molar-refractivity contribution in [2.45, 2.75) is 13.5 Å². The molecule has 1 aromatic heterocycles. The summed E-state index contributed by atoms with van der Waals surface area (Å²) in [6, 6.07) is 5.55. The Bertz CT molecular complexity index is 622. The van der Waals surface area contributed by atoms with Gasteiger partial charge in [-0.05, 0) is 25.1 Å².